The molecule has 2 aliphatic heterocycles. The number of fused-ring (bicyclic) bond motifs is 2. The van der Waals surface area contributed by atoms with Gasteiger partial charge in [-0.25, -0.2) is 0 Å². The van der Waals surface area contributed by atoms with Gasteiger partial charge in [-0.3, -0.25) is 4.79 Å². The summed E-state index contributed by atoms with van der Waals surface area (Å²) >= 11 is 0. The molecule has 3 unspecified atom stereocenters. The molecule has 132 valence electrons. The van der Waals surface area contributed by atoms with E-state index in [9.17, 15) is 4.79 Å². The number of nitrogens with zero attached hydrogens (tertiary/aromatic N) is 1. The number of carbonyl (C=O) groups is 1. The van der Waals surface area contributed by atoms with Gasteiger partial charge >= 0.3 is 0 Å². The quantitative estimate of drug-likeness (QED) is 0.790. The maximum Gasteiger partial charge on any atom is 0.220 e. The molecule has 3 aliphatic rings. The van der Waals surface area contributed by atoms with Crippen LogP contribution in [0.2, 0.25) is 0 Å². The highest BCUT2D eigenvalue weighted by Crippen LogP contribution is 2.32. The molecule has 2 heterocycles. The van der Waals surface area contributed by atoms with E-state index in [-0.39, 0.29) is 5.91 Å². The van der Waals surface area contributed by atoms with Crippen LogP contribution in [0.4, 0.5) is 0 Å². The summed E-state index contributed by atoms with van der Waals surface area (Å²) in [6.07, 6.45) is 12.5. The molecule has 3 rings (SSSR count). The zero-order chi connectivity index (χ0) is 16.2. The lowest BCUT2D eigenvalue weighted by molar-refractivity contribution is -0.122. The van der Waals surface area contributed by atoms with Gasteiger partial charge in [-0.15, -0.1) is 0 Å². The molecule has 0 aromatic carbocycles. The Labute approximate surface area is 141 Å². The number of amides is 1. The van der Waals surface area contributed by atoms with Crippen molar-refractivity contribution in [3.8, 4) is 0 Å². The molecule has 1 saturated carbocycles. The Hall–Kier alpha value is -0.610. The molecule has 4 nitrogen and oxygen atoms in total. The molecule has 0 spiro atoms. The van der Waals surface area contributed by atoms with E-state index in [4.69, 9.17) is 0 Å². The van der Waals surface area contributed by atoms with Crippen molar-refractivity contribution < 1.29 is 4.79 Å². The minimum absolute atomic E-state index is 0.277. The standard InChI is InChI=1S/C19H35N3O/c1-22(2)18(15-6-4-3-5-7-15)13-20-19(23)12-14-10-16-8-9-17(11-14)21-16/h14-18,21H,3-13H2,1-2H3,(H,20,23). The third-order valence-corrected chi connectivity index (χ3v) is 6.41. The minimum atomic E-state index is 0.277. The monoisotopic (exact) mass is 321 g/mol. The SMILES string of the molecule is CN(C)C(CNC(=O)CC1CC2CCC(C1)N2)C1CCCCC1. The summed E-state index contributed by atoms with van der Waals surface area (Å²) < 4.78 is 0. The van der Waals surface area contributed by atoms with E-state index in [2.05, 4.69) is 29.6 Å². The van der Waals surface area contributed by atoms with Crippen LogP contribution < -0.4 is 10.6 Å². The second kappa shape index (κ2) is 7.98. The summed E-state index contributed by atoms with van der Waals surface area (Å²) in [5, 5.41) is 6.92. The van der Waals surface area contributed by atoms with Gasteiger partial charge in [-0.1, -0.05) is 19.3 Å². The summed E-state index contributed by atoms with van der Waals surface area (Å²) in [6.45, 7) is 0.828. The Kier molecular flexibility index (Phi) is 5.97. The first-order valence-corrected chi connectivity index (χ1v) is 9.81. The van der Waals surface area contributed by atoms with Crippen LogP contribution in [0.1, 0.15) is 64.2 Å². The number of hydrogen-bond donors (Lipinski definition) is 2. The van der Waals surface area contributed by atoms with Gasteiger partial charge in [-0.05, 0) is 64.5 Å². The van der Waals surface area contributed by atoms with Crippen LogP contribution in [-0.4, -0.2) is 49.6 Å². The zero-order valence-corrected chi connectivity index (χ0v) is 15.0. The predicted molar refractivity (Wildman–Crippen MR) is 94.3 cm³/mol. The van der Waals surface area contributed by atoms with E-state index in [1.165, 1.54) is 57.8 Å². The average Bonchev–Trinajstić information content (AvgIpc) is 2.87. The van der Waals surface area contributed by atoms with Crippen LogP contribution in [-0.2, 0) is 4.79 Å². The van der Waals surface area contributed by atoms with Gasteiger partial charge in [0, 0.05) is 31.1 Å². The Bertz CT molecular complexity index is 380. The number of nitrogens with one attached hydrogen (secondary N) is 2. The molecule has 0 aromatic rings. The Morgan fingerprint density at radius 3 is 2.35 bits per heavy atom. The van der Waals surface area contributed by atoms with E-state index >= 15 is 0 Å². The molecule has 2 bridgehead atoms. The minimum Gasteiger partial charge on any atom is -0.355 e. The molecule has 4 heteroatoms. The second-order valence-electron chi connectivity index (χ2n) is 8.41. The van der Waals surface area contributed by atoms with Crippen LogP contribution in [0.3, 0.4) is 0 Å². The topological polar surface area (TPSA) is 44.4 Å². The molecule has 3 atom stereocenters. The molecule has 3 fully saturated rings. The Morgan fingerprint density at radius 2 is 1.74 bits per heavy atom. The van der Waals surface area contributed by atoms with Crippen molar-refractivity contribution in [1.29, 1.82) is 0 Å². The van der Waals surface area contributed by atoms with E-state index in [1.807, 2.05) is 0 Å². The van der Waals surface area contributed by atoms with Crippen molar-refractivity contribution in [3.05, 3.63) is 0 Å². The zero-order valence-electron chi connectivity index (χ0n) is 15.0. The maximum absolute atomic E-state index is 12.4. The molecule has 1 amide bonds. The van der Waals surface area contributed by atoms with E-state index in [0.29, 0.717) is 24.0 Å². The number of carbonyl (C=O) groups excluding carboxylic acids is 1. The first-order valence-electron chi connectivity index (χ1n) is 9.81. The van der Waals surface area contributed by atoms with Crippen LogP contribution in [0.25, 0.3) is 0 Å². The lowest BCUT2D eigenvalue weighted by atomic mass is 9.83. The van der Waals surface area contributed by atoms with Crippen molar-refractivity contribution in [1.82, 2.24) is 15.5 Å². The highest BCUT2D eigenvalue weighted by Gasteiger charge is 2.34. The molecule has 23 heavy (non-hydrogen) atoms. The fourth-order valence-electron chi connectivity index (χ4n) is 5.18. The van der Waals surface area contributed by atoms with Crippen molar-refractivity contribution in [2.75, 3.05) is 20.6 Å². The molecule has 0 aromatic heterocycles. The normalized spacial score (nSPS) is 32.9. The fraction of sp³-hybridized carbons (Fsp3) is 0.947. The Morgan fingerprint density at radius 1 is 1.09 bits per heavy atom. The summed E-state index contributed by atoms with van der Waals surface area (Å²) in [4.78, 5) is 14.7. The molecule has 2 N–H and O–H groups in total. The third kappa shape index (κ3) is 4.69. The Balaban J connectivity index is 1.43. The van der Waals surface area contributed by atoms with E-state index in [1.54, 1.807) is 0 Å². The van der Waals surface area contributed by atoms with E-state index < -0.39 is 0 Å². The van der Waals surface area contributed by atoms with Crippen molar-refractivity contribution in [3.63, 3.8) is 0 Å². The van der Waals surface area contributed by atoms with Crippen molar-refractivity contribution in [2.24, 2.45) is 11.8 Å². The largest absolute Gasteiger partial charge is 0.355 e. The summed E-state index contributed by atoms with van der Waals surface area (Å²) in [7, 11) is 4.33. The van der Waals surface area contributed by atoms with Gasteiger partial charge in [0.25, 0.3) is 0 Å². The van der Waals surface area contributed by atoms with Gasteiger partial charge in [0.1, 0.15) is 0 Å². The lowest BCUT2D eigenvalue weighted by Crippen LogP contribution is -2.46. The number of hydrogen-bond acceptors (Lipinski definition) is 3. The smallest absolute Gasteiger partial charge is 0.220 e. The molecule has 1 aliphatic carbocycles. The summed E-state index contributed by atoms with van der Waals surface area (Å²) in [6, 6.07) is 1.87. The van der Waals surface area contributed by atoms with Crippen LogP contribution in [0.15, 0.2) is 0 Å². The molecular weight excluding hydrogens is 286 g/mol. The maximum atomic E-state index is 12.4. The van der Waals surface area contributed by atoms with Crippen molar-refractivity contribution in [2.45, 2.75) is 82.3 Å². The lowest BCUT2D eigenvalue weighted by Gasteiger charge is -2.35. The number of piperidine rings is 1. The fourth-order valence-corrected chi connectivity index (χ4v) is 5.18. The molecule has 0 radical (unpaired) electrons. The highest BCUT2D eigenvalue weighted by molar-refractivity contribution is 5.76. The molecular formula is C19H35N3O. The second-order valence-corrected chi connectivity index (χ2v) is 8.41. The van der Waals surface area contributed by atoms with Gasteiger partial charge in [0.2, 0.25) is 5.91 Å². The van der Waals surface area contributed by atoms with Gasteiger partial charge in [0.05, 0.1) is 0 Å². The van der Waals surface area contributed by atoms with Gasteiger partial charge < -0.3 is 15.5 Å². The third-order valence-electron chi connectivity index (χ3n) is 6.41. The summed E-state index contributed by atoms with van der Waals surface area (Å²) in [5.41, 5.74) is 0. The van der Waals surface area contributed by atoms with Crippen LogP contribution in [0.5, 0.6) is 0 Å². The first-order chi connectivity index (χ1) is 11.1. The van der Waals surface area contributed by atoms with Crippen LogP contribution in [0, 0.1) is 11.8 Å². The van der Waals surface area contributed by atoms with Gasteiger partial charge in [-0.2, -0.15) is 0 Å². The van der Waals surface area contributed by atoms with E-state index in [0.717, 1.165) is 18.9 Å². The van der Waals surface area contributed by atoms with Crippen LogP contribution >= 0.6 is 0 Å². The predicted octanol–water partition coefficient (Wildman–Crippen LogP) is 2.53. The summed E-state index contributed by atoms with van der Waals surface area (Å²) in [5.74, 6) is 1.63. The number of likely N-dealkylation sites (N-methyl/N-ethyl adjacent to an activating group) is 1. The van der Waals surface area contributed by atoms with Crippen molar-refractivity contribution >= 4 is 5.91 Å². The van der Waals surface area contributed by atoms with Gasteiger partial charge in [0.15, 0.2) is 0 Å². The number of rotatable bonds is 6. The first kappa shape index (κ1) is 17.2. The average molecular weight is 322 g/mol. The highest BCUT2D eigenvalue weighted by atomic mass is 16.1. The molecule has 2 saturated heterocycles.